The zero-order valence-corrected chi connectivity index (χ0v) is 10.9. The summed E-state index contributed by atoms with van der Waals surface area (Å²) in [7, 11) is 0. The predicted molar refractivity (Wildman–Crippen MR) is 69.4 cm³/mol. The molecule has 108 valence electrons. The average Bonchev–Trinajstić information content (AvgIpc) is 2.41. The minimum atomic E-state index is -1.22. The van der Waals surface area contributed by atoms with Crippen molar-refractivity contribution in [1.29, 1.82) is 0 Å². The molecule has 0 aliphatic carbocycles. The number of carbonyl (C=O) groups excluding carboxylic acids is 1. The fourth-order valence-electron chi connectivity index (χ4n) is 1.97. The van der Waals surface area contributed by atoms with Crippen molar-refractivity contribution in [2.75, 3.05) is 25.1 Å². The minimum Gasteiger partial charge on any atom is -0.478 e. The Morgan fingerprint density at radius 3 is 2.85 bits per heavy atom. The van der Waals surface area contributed by atoms with Crippen LogP contribution >= 0.6 is 0 Å². The molecule has 6 nitrogen and oxygen atoms in total. The number of morpholine rings is 1. The number of nitrogens with zero attached hydrogens (tertiary/aromatic N) is 1. The van der Waals surface area contributed by atoms with E-state index in [4.69, 9.17) is 9.84 Å². The van der Waals surface area contributed by atoms with Crippen molar-refractivity contribution in [2.24, 2.45) is 0 Å². The number of carboxylic acids is 1. The smallest absolute Gasteiger partial charge is 0.335 e. The number of carbonyl (C=O) groups is 2. The van der Waals surface area contributed by atoms with Gasteiger partial charge in [0.25, 0.3) is 0 Å². The molecule has 1 aliphatic rings. The van der Waals surface area contributed by atoms with Crippen molar-refractivity contribution in [3.8, 4) is 0 Å². The normalized spacial score (nSPS) is 18.7. The molecule has 20 heavy (non-hydrogen) atoms. The van der Waals surface area contributed by atoms with E-state index in [0.717, 1.165) is 6.07 Å². The number of rotatable bonds is 2. The molecule has 1 fully saturated rings. The Morgan fingerprint density at radius 2 is 2.25 bits per heavy atom. The lowest BCUT2D eigenvalue weighted by atomic mass is 10.2. The Hall–Kier alpha value is -2.15. The number of amides is 2. The van der Waals surface area contributed by atoms with E-state index >= 15 is 0 Å². The Morgan fingerprint density at radius 1 is 1.50 bits per heavy atom. The van der Waals surface area contributed by atoms with Crippen LogP contribution in [0, 0.1) is 5.82 Å². The second kappa shape index (κ2) is 5.87. The summed E-state index contributed by atoms with van der Waals surface area (Å²) in [5, 5.41) is 11.2. The van der Waals surface area contributed by atoms with Crippen molar-refractivity contribution in [2.45, 2.75) is 13.0 Å². The molecule has 1 aromatic carbocycles. The Kier molecular flexibility index (Phi) is 4.19. The topological polar surface area (TPSA) is 78.9 Å². The van der Waals surface area contributed by atoms with Crippen LogP contribution in [0.4, 0.5) is 14.9 Å². The molecule has 7 heteroatoms. The number of anilines is 1. The second-order valence-electron chi connectivity index (χ2n) is 4.55. The fraction of sp³-hybridized carbons (Fsp3) is 0.385. The van der Waals surface area contributed by atoms with Crippen molar-refractivity contribution >= 4 is 17.7 Å². The third kappa shape index (κ3) is 3.05. The summed E-state index contributed by atoms with van der Waals surface area (Å²) in [6.45, 7) is 3.15. The number of aromatic carboxylic acids is 1. The molecule has 1 atom stereocenters. The highest BCUT2D eigenvalue weighted by molar-refractivity contribution is 5.92. The third-order valence-corrected chi connectivity index (χ3v) is 3.09. The van der Waals surface area contributed by atoms with Gasteiger partial charge in [-0.15, -0.1) is 0 Å². The highest BCUT2D eigenvalue weighted by atomic mass is 19.1. The Bertz CT molecular complexity index is 535. The lowest BCUT2D eigenvalue weighted by molar-refractivity contribution is 0.0221. The van der Waals surface area contributed by atoms with Crippen LogP contribution in [-0.2, 0) is 4.74 Å². The Balaban J connectivity index is 2.09. The van der Waals surface area contributed by atoms with E-state index in [1.165, 1.54) is 12.1 Å². The number of hydrogen-bond acceptors (Lipinski definition) is 3. The van der Waals surface area contributed by atoms with Gasteiger partial charge in [0.1, 0.15) is 5.82 Å². The monoisotopic (exact) mass is 282 g/mol. The molecule has 2 rings (SSSR count). The molecule has 0 aromatic heterocycles. The first-order chi connectivity index (χ1) is 9.49. The van der Waals surface area contributed by atoms with Crippen LogP contribution in [0.1, 0.15) is 17.3 Å². The van der Waals surface area contributed by atoms with Crippen LogP contribution < -0.4 is 5.32 Å². The summed E-state index contributed by atoms with van der Waals surface area (Å²) in [5.41, 5.74) is -0.209. The molecule has 1 unspecified atom stereocenters. The molecule has 0 bridgehead atoms. The first kappa shape index (κ1) is 14.3. The minimum absolute atomic E-state index is 0.0429. The van der Waals surface area contributed by atoms with E-state index in [-0.39, 0.29) is 17.3 Å². The third-order valence-electron chi connectivity index (χ3n) is 3.09. The van der Waals surface area contributed by atoms with Gasteiger partial charge in [0.05, 0.1) is 30.5 Å². The molecule has 1 heterocycles. The van der Waals surface area contributed by atoms with E-state index in [0.29, 0.717) is 19.8 Å². The van der Waals surface area contributed by atoms with Crippen LogP contribution in [0.15, 0.2) is 18.2 Å². The number of benzene rings is 1. The highest BCUT2D eigenvalue weighted by Gasteiger charge is 2.24. The highest BCUT2D eigenvalue weighted by Crippen LogP contribution is 2.17. The molecule has 1 saturated heterocycles. The largest absolute Gasteiger partial charge is 0.478 e. The van der Waals surface area contributed by atoms with Crippen molar-refractivity contribution in [3.63, 3.8) is 0 Å². The summed E-state index contributed by atoms with van der Waals surface area (Å²) in [4.78, 5) is 24.3. The quantitative estimate of drug-likeness (QED) is 0.866. The van der Waals surface area contributed by atoms with E-state index in [9.17, 15) is 14.0 Å². The van der Waals surface area contributed by atoms with Gasteiger partial charge in [-0.25, -0.2) is 14.0 Å². The first-order valence-corrected chi connectivity index (χ1v) is 6.17. The molecule has 0 saturated carbocycles. The average molecular weight is 282 g/mol. The molecule has 1 aromatic rings. The van der Waals surface area contributed by atoms with Crippen LogP contribution in [-0.4, -0.2) is 47.8 Å². The number of urea groups is 1. The van der Waals surface area contributed by atoms with Gasteiger partial charge in [0.15, 0.2) is 0 Å². The summed E-state index contributed by atoms with van der Waals surface area (Å²) >= 11 is 0. The number of carboxylic acid groups (broad SMARTS) is 1. The maximum absolute atomic E-state index is 13.7. The van der Waals surface area contributed by atoms with Gasteiger partial charge in [-0.2, -0.15) is 0 Å². The van der Waals surface area contributed by atoms with Gasteiger partial charge < -0.3 is 20.1 Å². The van der Waals surface area contributed by atoms with Gasteiger partial charge in [0, 0.05) is 6.54 Å². The number of hydrogen-bond donors (Lipinski definition) is 2. The SMILES string of the molecule is CC1COCCN1C(=O)Nc1ccc(C(=O)O)cc1F. The van der Waals surface area contributed by atoms with Crippen molar-refractivity contribution < 1.29 is 23.8 Å². The van der Waals surface area contributed by atoms with Crippen LogP contribution in [0.2, 0.25) is 0 Å². The maximum atomic E-state index is 13.7. The standard InChI is InChI=1S/C13H15FN2O4/c1-8-7-20-5-4-16(8)13(19)15-11-3-2-9(12(17)18)6-10(11)14/h2-3,6,8H,4-5,7H2,1H3,(H,15,19)(H,17,18). The second-order valence-corrected chi connectivity index (χ2v) is 4.55. The van der Waals surface area contributed by atoms with Gasteiger partial charge >= 0.3 is 12.0 Å². The zero-order chi connectivity index (χ0) is 14.7. The summed E-state index contributed by atoms with van der Waals surface area (Å²) in [5.74, 6) is -2.00. The number of ether oxygens (including phenoxy) is 1. The first-order valence-electron chi connectivity index (χ1n) is 6.17. The number of halogens is 1. The molecule has 2 amide bonds. The zero-order valence-electron chi connectivity index (χ0n) is 10.9. The van der Waals surface area contributed by atoms with Crippen LogP contribution in [0.5, 0.6) is 0 Å². The summed E-state index contributed by atoms with van der Waals surface area (Å²) in [6, 6.07) is 2.83. The predicted octanol–water partition coefficient (Wildman–Crippen LogP) is 1.78. The van der Waals surface area contributed by atoms with Gasteiger partial charge in [-0.05, 0) is 25.1 Å². The molecule has 1 aliphatic heterocycles. The van der Waals surface area contributed by atoms with Gasteiger partial charge in [0.2, 0.25) is 0 Å². The maximum Gasteiger partial charge on any atom is 0.335 e. The molecular formula is C13H15FN2O4. The van der Waals surface area contributed by atoms with Crippen molar-refractivity contribution in [1.82, 2.24) is 4.90 Å². The summed E-state index contributed by atoms with van der Waals surface area (Å²) in [6.07, 6.45) is 0. The Labute approximate surface area is 115 Å². The van der Waals surface area contributed by atoms with Crippen LogP contribution in [0.3, 0.4) is 0 Å². The summed E-state index contributed by atoms with van der Waals surface area (Å²) < 4.78 is 18.9. The van der Waals surface area contributed by atoms with E-state index < -0.39 is 17.8 Å². The number of nitrogens with one attached hydrogen (secondary N) is 1. The van der Waals surface area contributed by atoms with E-state index in [1.807, 2.05) is 6.92 Å². The molecule has 0 spiro atoms. The van der Waals surface area contributed by atoms with E-state index in [1.54, 1.807) is 4.90 Å². The lowest BCUT2D eigenvalue weighted by Gasteiger charge is -2.33. The van der Waals surface area contributed by atoms with E-state index in [2.05, 4.69) is 5.32 Å². The molecule has 2 N–H and O–H groups in total. The molecule has 0 radical (unpaired) electrons. The van der Waals surface area contributed by atoms with Crippen LogP contribution in [0.25, 0.3) is 0 Å². The lowest BCUT2D eigenvalue weighted by Crippen LogP contribution is -2.48. The molecular weight excluding hydrogens is 267 g/mol. The van der Waals surface area contributed by atoms with Gasteiger partial charge in [-0.3, -0.25) is 0 Å². The van der Waals surface area contributed by atoms with Gasteiger partial charge in [-0.1, -0.05) is 0 Å². The fourth-order valence-corrected chi connectivity index (χ4v) is 1.97. The van der Waals surface area contributed by atoms with Crippen molar-refractivity contribution in [3.05, 3.63) is 29.6 Å².